The first-order valence-electron chi connectivity index (χ1n) is 3.88. The van der Waals surface area contributed by atoms with Gasteiger partial charge in [-0.15, -0.1) is 0 Å². The Hall–Kier alpha value is -0.820. The number of hydrogen-bond acceptors (Lipinski definition) is 7. The first-order chi connectivity index (χ1) is 7.36. The Balaban J connectivity index is 3.54. The van der Waals surface area contributed by atoms with Crippen molar-refractivity contribution in [2.75, 3.05) is 0 Å². The molecule has 1 unspecified atom stereocenters. The standard InChI is InChI=1S/C6H8O9S2/c7-5-4(17(13,14)15)1-3(16(10,11)12)2-6(5,8)9/h1-2,5,7-9H,(H,10,11,12)(H,13,14,15). The molecule has 1 aliphatic carbocycles. The number of hydrogen-bond donors (Lipinski definition) is 5. The Morgan fingerprint density at radius 2 is 1.53 bits per heavy atom. The maximum Gasteiger partial charge on any atom is 0.294 e. The van der Waals surface area contributed by atoms with E-state index in [2.05, 4.69) is 0 Å². The summed E-state index contributed by atoms with van der Waals surface area (Å²) in [6, 6.07) is 0. The van der Waals surface area contributed by atoms with Crippen molar-refractivity contribution >= 4 is 20.2 Å². The highest BCUT2D eigenvalue weighted by molar-refractivity contribution is 7.91. The van der Waals surface area contributed by atoms with Gasteiger partial charge in [-0.1, -0.05) is 0 Å². The number of aliphatic hydroxyl groups is 3. The van der Waals surface area contributed by atoms with E-state index < -0.39 is 41.9 Å². The summed E-state index contributed by atoms with van der Waals surface area (Å²) in [5.74, 6) is -3.26. The highest BCUT2D eigenvalue weighted by Gasteiger charge is 2.43. The van der Waals surface area contributed by atoms with Crippen LogP contribution in [0.5, 0.6) is 0 Å². The number of allylic oxidation sites excluding steroid dienone is 1. The van der Waals surface area contributed by atoms with Gasteiger partial charge in [-0.2, -0.15) is 16.8 Å². The fourth-order valence-corrected chi connectivity index (χ4v) is 2.53. The summed E-state index contributed by atoms with van der Waals surface area (Å²) >= 11 is 0. The van der Waals surface area contributed by atoms with Crippen LogP contribution in [0.15, 0.2) is 22.0 Å². The van der Waals surface area contributed by atoms with Crippen LogP contribution >= 0.6 is 0 Å². The van der Waals surface area contributed by atoms with E-state index in [0.717, 1.165) is 0 Å². The molecule has 0 saturated carbocycles. The largest absolute Gasteiger partial charge is 0.382 e. The molecule has 1 aliphatic rings. The molecule has 0 spiro atoms. The molecule has 17 heavy (non-hydrogen) atoms. The van der Waals surface area contributed by atoms with Crippen LogP contribution in [-0.4, -0.2) is 53.2 Å². The summed E-state index contributed by atoms with van der Waals surface area (Å²) in [7, 11) is -10.0. The average Bonchev–Trinajstić information content (AvgIpc) is 2.05. The molecule has 5 N–H and O–H groups in total. The van der Waals surface area contributed by atoms with Crippen molar-refractivity contribution in [2.45, 2.75) is 11.9 Å². The lowest BCUT2D eigenvalue weighted by atomic mass is 10.0. The SMILES string of the molecule is O=S(=O)(O)C1=CC(O)(O)C(O)C(S(=O)(=O)O)=C1. The second-order valence-corrected chi connectivity index (χ2v) is 6.07. The topological polar surface area (TPSA) is 169 Å². The Bertz CT molecular complexity index is 591. The van der Waals surface area contributed by atoms with Crippen molar-refractivity contribution in [2.24, 2.45) is 0 Å². The zero-order chi connectivity index (χ0) is 13.6. The number of rotatable bonds is 2. The molecule has 0 fully saturated rings. The molecule has 11 heteroatoms. The fourth-order valence-electron chi connectivity index (χ4n) is 1.12. The highest BCUT2D eigenvalue weighted by Crippen LogP contribution is 2.29. The van der Waals surface area contributed by atoms with E-state index in [4.69, 9.17) is 19.3 Å². The van der Waals surface area contributed by atoms with Crippen molar-refractivity contribution < 1.29 is 41.3 Å². The van der Waals surface area contributed by atoms with Crippen LogP contribution in [0, 0.1) is 0 Å². The van der Waals surface area contributed by atoms with Crippen molar-refractivity contribution in [3.05, 3.63) is 22.0 Å². The van der Waals surface area contributed by atoms with E-state index in [1.807, 2.05) is 0 Å². The molecule has 0 heterocycles. The molecule has 9 nitrogen and oxygen atoms in total. The highest BCUT2D eigenvalue weighted by atomic mass is 32.2. The first-order valence-corrected chi connectivity index (χ1v) is 6.76. The lowest BCUT2D eigenvalue weighted by Crippen LogP contribution is -2.45. The monoisotopic (exact) mass is 288 g/mol. The minimum atomic E-state index is -5.06. The van der Waals surface area contributed by atoms with E-state index in [1.165, 1.54) is 0 Å². The van der Waals surface area contributed by atoms with Crippen LogP contribution < -0.4 is 0 Å². The van der Waals surface area contributed by atoms with Gasteiger partial charge in [0, 0.05) is 0 Å². The summed E-state index contributed by atoms with van der Waals surface area (Å²) in [5.41, 5.74) is 0. The van der Waals surface area contributed by atoms with Gasteiger partial charge in [0.05, 0.1) is 4.91 Å². The molecule has 0 amide bonds. The molecule has 0 aromatic carbocycles. The summed E-state index contributed by atoms with van der Waals surface area (Å²) < 4.78 is 60.2. The second-order valence-electron chi connectivity index (χ2n) is 3.23. The first kappa shape index (κ1) is 14.2. The van der Waals surface area contributed by atoms with Crippen LogP contribution in [0.25, 0.3) is 0 Å². The van der Waals surface area contributed by atoms with Crippen LogP contribution in [0.2, 0.25) is 0 Å². The van der Waals surface area contributed by atoms with Gasteiger partial charge in [-0.3, -0.25) is 9.11 Å². The van der Waals surface area contributed by atoms with Gasteiger partial charge in [-0.25, -0.2) is 0 Å². The normalized spacial score (nSPS) is 25.1. The molecule has 0 saturated heterocycles. The van der Waals surface area contributed by atoms with Gasteiger partial charge in [0.2, 0.25) is 5.79 Å². The van der Waals surface area contributed by atoms with Crippen LogP contribution in [0.1, 0.15) is 0 Å². The minimum Gasteiger partial charge on any atom is -0.382 e. The van der Waals surface area contributed by atoms with Gasteiger partial charge in [-0.05, 0) is 12.2 Å². The predicted octanol–water partition coefficient (Wildman–Crippen LogP) is -2.41. The average molecular weight is 288 g/mol. The third kappa shape index (κ3) is 2.90. The van der Waals surface area contributed by atoms with Crippen molar-refractivity contribution in [3.63, 3.8) is 0 Å². The Morgan fingerprint density at radius 3 is 1.88 bits per heavy atom. The summed E-state index contributed by atoms with van der Waals surface area (Å²) in [5, 5.41) is 27.5. The molecular formula is C6H8O9S2. The Kier molecular flexibility index (Phi) is 3.22. The van der Waals surface area contributed by atoms with Gasteiger partial charge < -0.3 is 15.3 Å². The van der Waals surface area contributed by atoms with Crippen molar-refractivity contribution in [3.8, 4) is 0 Å². The zero-order valence-electron chi connectivity index (χ0n) is 7.92. The lowest BCUT2D eigenvalue weighted by Gasteiger charge is -2.28. The van der Waals surface area contributed by atoms with Crippen LogP contribution in [0.3, 0.4) is 0 Å². The Morgan fingerprint density at radius 1 is 1.06 bits per heavy atom. The molecule has 0 bridgehead atoms. The molecule has 0 aliphatic heterocycles. The van der Waals surface area contributed by atoms with Crippen molar-refractivity contribution in [1.29, 1.82) is 0 Å². The second kappa shape index (κ2) is 3.84. The van der Waals surface area contributed by atoms with Crippen molar-refractivity contribution in [1.82, 2.24) is 0 Å². The maximum absolute atomic E-state index is 10.8. The third-order valence-corrected chi connectivity index (χ3v) is 3.68. The van der Waals surface area contributed by atoms with E-state index in [0.29, 0.717) is 0 Å². The molecule has 0 aromatic heterocycles. The minimum absolute atomic E-state index is 0.127. The van der Waals surface area contributed by atoms with Gasteiger partial charge >= 0.3 is 0 Å². The third-order valence-electron chi connectivity index (χ3n) is 1.91. The lowest BCUT2D eigenvalue weighted by molar-refractivity contribution is -0.176. The van der Waals surface area contributed by atoms with Gasteiger partial charge in [0.1, 0.15) is 11.0 Å². The van der Waals surface area contributed by atoms with E-state index in [1.54, 1.807) is 0 Å². The molecule has 0 radical (unpaired) electrons. The predicted molar refractivity (Wildman–Crippen MR) is 52.4 cm³/mol. The summed E-state index contributed by atoms with van der Waals surface area (Å²) in [6.45, 7) is 0. The molecular weight excluding hydrogens is 280 g/mol. The zero-order valence-corrected chi connectivity index (χ0v) is 9.55. The molecule has 1 rings (SSSR count). The van der Waals surface area contributed by atoms with Crippen LogP contribution in [-0.2, 0) is 20.2 Å². The van der Waals surface area contributed by atoms with Crippen LogP contribution in [0.4, 0.5) is 0 Å². The summed E-state index contributed by atoms with van der Waals surface area (Å²) in [6.07, 6.45) is -2.15. The smallest absolute Gasteiger partial charge is 0.294 e. The molecule has 98 valence electrons. The van der Waals surface area contributed by atoms with Gasteiger partial charge in [0.25, 0.3) is 20.2 Å². The van der Waals surface area contributed by atoms with E-state index in [9.17, 15) is 21.9 Å². The Labute approximate surface area is 95.8 Å². The quantitative estimate of drug-likeness (QED) is 0.274. The molecule has 1 atom stereocenters. The summed E-state index contributed by atoms with van der Waals surface area (Å²) in [4.78, 5) is -2.54. The van der Waals surface area contributed by atoms with Gasteiger partial charge in [0.15, 0.2) is 0 Å². The number of aliphatic hydroxyl groups excluding tert-OH is 1. The van der Waals surface area contributed by atoms with E-state index >= 15 is 0 Å². The van der Waals surface area contributed by atoms with E-state index in [-0.39, 0.29) is 12.2 Å². The molecule has 0 aromatic rings. The maximum atomic E-state index is 10.8. The fraction of sp³-hybridized carbons (Fsp3) is 0.333.